The molecule has 33 heavy (non-hydrogen) atoms. The fraction of sp³-hybridized carbons (Fsp3) is 0.174. The van der Waals surface area contributed by atoms with Crippen LogP contribution in [0.4, 0.5) is 0 Å². The molecule has 9 nitrogen and oxygen atoms in total. The fourth-order valence-corrected chi connectivity index (χ4v) is 2.99. The lowest BCUT2D eigenvalue weighted by atomic mass is 10.1. The van der Waals surface area contributed by atoms with Crippen LogP contribution in [0.25, 0.3) is 10.7 Å². The van der Waals surface area contributed by atoms with Gasteiger partial charge in [-0.1, -0.05) is 24.8 Å². The van der Waals surface area contributed by atoms with Crippen LogP contribution in [0.2, 0.25) is 5.02 Å². The van der Waals surface area contributed by atoms with Crippen LogP contribution in [-0.4, -0.2) is 37.8 Å². The highest BCUT2D eigenvalue weighted by Crippen LogP contribution is 2.20. The van der Waals surface area contributed by atoms with E-state index in [4.69, 9.17) is 27.6 Å². The SMILES string of the molecule is C#[N+]N(C=C)Cc1cncc(C(=C)N=C(OC)c2cnn(C)c2COc2ccc(Cl)cn2)c1. The Morgan fingerprint density at radius 2 is 2.15 bits per heavy atom. The van der Waals surface area contributed by atoms with E-state index in [9.17, 15) is 0 Å². The predicted octanol–water partition coefficient (Wildman–Crippen LogP) is 4.33. The maximum atomic E-state index is 5.88. The zero-order valence-corrected chi connectivity index (χ0v) is 19.1. The van der Waals surface area contributed by atoms with Crippen molar-refractivity contribution in [2.24, 2.45) is 12.0 Å². The molecule has 0 saturated carbocycles. The molecule has 0 atom stereocenters. The second-order valence-corrected chi connectivity index (χ2v) is 7.21. The van der Waals surface area contributed by atoms with Crippen LogP contribution in [0.15, 0.2) is 67.3 Å². The molecule has 0 unspecified atom stereocenters. The second kappa shape index (κ2) is 10.9. The molecule has 0 saturated heterocycles. The predicted molar refractivity (Wildman–Crippen MR) is 128 cm³/mol. The van der Waals surface area contributed by atoms with E-state index >= 15 is 0 Å². The second-order valence-electron chi connectivity index (χ2n) is 6.78. The van der Waals surface area contributed by atoms with Crippen molar-refractivity contribution < 1.29 is 9.47 Å². The van der Waals surface area contributed by atoms with Gasteiger partial charge in [-0.3, -0.25) is 9.67 Å². The topological polar surface area (TPSA) is 82.0 Å². The number of aliphatic imine (C=N–C) groups is 1. The number of pyridine rings is 2. The first-order valence-corrected chi connectivity index (χ1v) is 10.1. The third-order valence-corrected chi connectivity index (χ3v) is 4.83. The number of aromatic nitrogens is 4. The fourth-order valence-electron chi connectivity index (χ4n) is 2.88. The van der Waals surface area contributed by atoms with Gasteiger partial charge in [0.15, 0.2) is 0 Å². The van der Waals surface area contributed by atoms with Gasteiger partial charge in [-0.15, -0.1) is 0 Å². The molecule has 0 radical (unpaired) electrons. The van der Waals surface area contributed by atoms with E-state index in [0.29, 0.717) is 34.6 Å². The van der Waals surface area contributed by atoms with Crippen molar-refractivity contribution in [1.29, 1.82) is 0 Å². The zero-order chi connectivity index (χ0) is 23.8. The lowest BCUT2D eigenvalue weighted by Crippen LogP contribution is -2.11. The van der Waals surface area contributed by atoms with Gasteiger partial charge in [0.1, 0.15) is 13.2 Å². The molecular weight excluding hydrogens is 442 g/mol. The molecule has 3 rings (SSSR count). The molecule has 0 aliphatic rings. The zero-order valence-electron chi connectivity index (χ0n) is 18.3. The summed E-state index contributed by atoms with van der Waals surface area (Å²) in [7, 11) is 3.34. The van der Waals surface area contributed by atoms with Crippen LogP contribution in [0.1, 0.15) is 22.4 Å². The average molecular weight is 465 g/mol. The smallest absolute Gasteiger partial charge is 0.305 e. The quantitative estimate of drug-likeness (QED) is 0.266. The van der Waals surface area contributed by atoms with Gasteiger partial charge in [-0.05, 0) is 22.7 Å². The van der Waals surface area contributed by atoms with E-state index in [2.05, 4.69) is 38.2 Å². The molecule has 0 aromatic carbocycles. The molecule has 3 aromatic heterocycles. The highest BCUT2D eigenvalue weighted by molar-refractivity contribution is 6.30. The first-order valence-electron chi connectivity index (χ1n) is 9.76. The third kappa shape index (κ3) is 5.96. The van der Waals surface area contributed by atoms with Gasteiger partial charge >= 0.3 is 6.57 Å². The minimum Gasteiger partial charge on any atom is -0.480 e. The van der Waals surface area contributed by atoms with E-state index in [1.807, 2.05) is 6.07 Å². The molecule has 0 fully saturated rings. The summed E-state index contributed by atoms with van der Waals surface area (Å²) in [5, 5.41) is 6.34. The minimum atomic E-state index is 0.201. The van der Waals surface area contributed by atoms with Crippen LogP contribution in [0, 0.1) is 6.57 Å². The number of aryl methyl sites for hydroxylation is 1. The summed E-state index contributed by atoms with van der Waals surface area (Å²) < 4.78 is 13.0. The summed E-state index contributed by atoms with van der Waals surface area (Å²) in [6, 6.07) is 5.29. The van der Waals surface area contributed by atoms with Crippen LogP contribution < -0.4 is 4.74 Å². The largest absolute Gasteiger partial charge is 0.480 e. The van der Waals surface area contributed by atoms with E-state index in [1.54, 1.807) is 42.5 Å². The van der Waals surface area contributed by atoms with Gasteiger partial charge in [-0.2, -0.15) is 5.10 Å². The van der Waals surface area contributed by atoms with Gasteiger partial charge in [0.25, 0.3) is 0 Å². The number of nitrogens with zero attached hydrogens (tertiary/aromatic N) is 7. The number of hydrogen-bond donors (Lipinski definition) is 0. The maximum absolute atomic E-state index is 5.88. The van der Waals surface area contributed by atoms with Gasteiger partial charge in [-0.25, -0.2) is 9.98 Å². The average Bonchev–Trinajstić information content (AvgIpc) is 3.20. The molecule has 0 bridgehead atoms. The molecule has 0 aliphatic heterocycles. The Morgan fingerprint density at radius 3 is 2.82 bits per heavy atom. The van der Waals surface area contributed by atoms with Crippen LogP contribution >= 0.6 is 11.6 Å². The summed E-state index contributed by atoms with van der Waals surface area (Å²) in [5.74, 6) is 0.776. The summed E-state index contributed by atoms with van der Waals surface area (Å²) >= 11 is 5.88. The molecule has 168 valence electrons. The van der Waals surface area contributed by atoms with Crippen molar-refractivity contribution in [3.8, 4) is 12.5 Å². The normalized spacial score (nSPS) is 10.9. The Labute approximate surface area is 197 Å². The lowest BCUT2D eigenvalue weighted by molar-refractivity contribution is 0.282. The number of methoxy groups -OCH3 is 1. The Bertz CT molecular complexity index is 1210. The van der Waals surface area contributed by atoms with Gasteiger partial charge in [0, 0.05) is 37.3 Å². The Kier molecular flexibility index (Phi) is 7.78. The molecular formula is C23H23ClN7O2+. The van der Waals surface area contributed by atoms with Crippen molar-refractivity contribution in [2.75, 3.05) is 7.11 Å². The number of rotatable bonds is 9. The van der Waals surface area contributed by atoms with Crippen LogP contribution in [0.5, 0.6) is 5.88 Å². The molecule has 3 heterocycles. The number of halogens is 1. The van der Waals surface area contributed by atoms with Crippen molar-refractivity contribution >= 4 is 23.2 Å². The summed E-state index contributed by atoms with van der Waals surface area (Å²) in [6.45, 7) is 13.7. The molecule has 0 aliphatic carbocycles. The number of ether oxygens (including phenoxy) is 2. The molecule has 10 heteroatoms. The Morgan fingerprint density at radius 1 is 1.33 bits per heavy atom. The molecule has 0 N–H and O–H groups in total. The highest BCUT2D eigenvalue weighted by atomic mass is 35.5. The summed E-state index contributed by atoms with van der Waals surface area (Å²) in [4.78, 5) is 16.6. The van der Waals surface area contributed by atoms with E-state index in [0.717, 1.165) is 16.8 Å². The summed E-state index contributed by atoms with van der Waals surface area (Å²) in [6.07, 6.45) is 8.07. The molecule has 0 spiro atoms. The van der Waals surface area contributed by atoms with Crippen molar-refractivity contribution in [3.05, 3.63) is 94.7 Å². The van der Waals surface area contributed by atoms with Gasteiger partial charge in [0.2, 0.25) is 11.8 Å². The highest BCUT2D eigenvalue weighted by Gasteiger charge is 2.17. The van der Waals surface area contributed by atoms with Crippen molar-refractivity contribution in [2.45, 2.75) is 13.2 Å². The number of hydrogen-bond acceptors (Lipinski definition) is 7. The third-order valence-electron chi connectivity index (χ3n) is 4.61. The van der Waals surface area contributed by atoms with Gasteiger partial charge < -0.3 is 9.47 Å². The Hall–Kier alpha value is -4.16. The van der Waals surface area contributed by atoms with E-state index < -0.39 is 0 Å². The van der Waals surface area contributed by atoms with Crippen molar-refractivity contribution in [1.82, 2.24) is 24.8 Å². The first kappa shape index (κ1) is 23.5. The van der Waals surface area contributed by atoms with Crippen molar-refractivity contribution in [3.63, 3.8) is 0 Å². The van der Waals surface area contributed by atoms with E-state index in [-0.39, 0.29) is 6.61 Å². The van der Waals surface area contributed by atoms with Crippen LogP contribution in [0.3, 0.4) is 0 Å². The minimum absolute atomic E-state index is 0.201. The molecule has 0 amide bonds. The monoisotopic (exact) mass is 464 g/mol. The Balaban J connectivity index is 1.82. The molecule has 3 aromatic rings. The van der Waals surface area contributed by atoms with E-state index in [1.165, 1.54) is 24.5 Å². The standard InChI is InChI=1S/C23H23ClN7O2/c1-6-31(25-3)14-17-9-18(11-26-10-17)16(2)29-23(32-5)20-13-28-30(4)21(20)15-33-22-8-7-19(24)12-27-22/h3,6-13H,1-2,14-15H2,4-5H3/q+1. The summed E-state index contributed by atoms with van der Waals surface area (Å²) in [5.41, 5.74) is 3.46. The van der Waals surface area contributed by atoms with Crippen LogP contribution in [-0.2, 0) is 24.9 Å². The maximum Gasteiger partial charge on any atom is 0.305 e. The van der Waals surface area contributed by atoms with Gasteiger partial charge in [0.05, 0.1) is 46.4 Å². The lowest BCUT2D eigenvalue weighted by Gasteiger charge is -2.10. The first-order chi connectivity index (χ1) is 15.9.